The fourth-order valence-corrected chi connectivity index (χ4v) is 4.58. The summed E-state index contributed by atoms with van der Waals surface area (Å²) in [7, 11) is 0. The van der Waals surface area contributed by atoms with Crippen LogP contribution >= 0.6 is 11.6 Å². The maximum Gasteiger partial charge on any atom is 0.387 e. The van der Waals surface area contributed by atoms with Gasteiger partial charge in [-0.25, -0.2) is 0 Å². The minimum atomic E-state index is -3.04. The number of aliphatic hydroxyl groups is 1. The summed E-state index contributed by atoms with van der Waals surface area (Å²) >= 11 is 6.57. The molecule has 0 aromatic carbocycles. The number of halogens is 3. The lowest BCUT2D eigenvalue weighted by Gasteiger charge is -2.34. The molecular weight excluding hydrogens is 466 g/mol. The number of carbonyl (C=O) groups excluding carboxylic acids is 1. The molecule has 0 unspecified atom stereocenters. The van der Waals surface area contributed by atoms with Crippen molar-refractivity contribution in [3.63, 3.8) is 0 Å². The summed E-state index contributed by atoms with van der Waals surface area (Å²) in [5.74, 6) is 0.222. The molecule has 0 aliphatic heterocycles. The van der Waals surface area contributed by atoms with Crippen molar-refractivity contribution in [3.8, 4) is 17.0 Å². The average Bonchev–Trinajstić information content (AvgIpc) is 3.10. The van der Waals surface area contributed by atoms with E-state index in [0.717, 1.165) is 12.8 Å². The number of carbonyl (C=O) groups is 1. The van der Waals surface area contributed by atoms with Gasteiger partial charge in [0.15, 0.2) is 5.69 Å². The second kappa shape index (κ2) is 11.0. The number of aromatic nitrogens is 3. The van der Waals surface area contributed by atoms with Crippen LogP contribution in [0.15, 0.2) is 12.3 Å². The zero-order chi connectivity index (χ0) is 25.0. The third kappa shape index (κ3) is 6.24. The Morgan fingerprint density at radius 2 is 2.06 bits per heavy atom. The largest absolute Gasteiger partial charge is 0.434 e. The first kappa shape index (κ1) is 26.3. The molecule has 3 rings (SSSR count). The molecule has 1 fully saturated rings. The average molecular weight is 499 g/mol. The molecule has 2 aromatic heterocycles. The Bertz CT molecular complexity index is 1000. The summed E-state index contributed by atoms with van der Waals surface area (Å²) in [6, 6.07) is 1.48. The quantitative estimate of drug-likeness (QED) is 0.502. The summed E-state index contributed by atoms with van der Waals surface area (Å²) < 4.78 is 32.6. The van der Waals surface area contributed by atoms with E-state index < -0.39 is 18.1 Å². The summed E-state index contributed by atoms with van der Waals surface area (Å²) in [4.78, 5) is 17.3. The van der Waals surface area contributed by atoms with Crippen molar-refractivity contribution < 1.29 is 23.4 Å². The predicted octanol–water partition coefficient (Wildman–Crippen LogP) is 5.09. The second-order valence-corrected chi connectivity index (χ2v) is 9.94. The van der Waals surface area contributed by atoms with Crippen LogP contribution in [-0.2, 0) is 13.0 Å². The first-order valence-corrected chi connectivity index (χ1v) is 12.1. The van der Waals surface area contributed by atoms with Crippen LogP contribution in [0.25, 0.3) is 11.3 Å². The van der Waals surface area contributed by atoms with E-state index in [-0.39, 0.29) is 40.2 Å². The van der Waals surface area contributed by atoms with Crippen molar-refractivity contribution in [1.82, 2.24) is 20.1 Å². The van der Waals surface area contributed by atoms with Crippen LogP contribution in [-0.4, -0.2) is 44.5 Å². The fourth-order valence-electron chi connectivity index (χ4n) is 4.25. The zero-order valence-electron chi connectivity index (χ0n) is 20.1. The van der Waals surface area contributed by atoms with E-state index in [4.69, 9.17) is 16.3 Å². The smallest absolute Gasteiger partial charge is 0.387 e. The third-order valence-corrected chi connectivity index (χ3v) is 6.56. The van der Waals surface area contributed by atoms with Gasteiger partial charge in [-0.3, -0.25) is 14.5 Å². The van der Waals surface area contributed by atoms with Gasteiger partial charge in [-0.15, -0.1) is 0 Å². The SMILES string of the molecule is CCn1nc(C(=O)NCC2(O)CCC(C)CC2)c(Cl)c1-c1cnc(CC(C)C)cc1OC(F)F. The Labute approximate surface area is 203 Å². The number of hydrogen-bond donors (Lipinski definition) is 2. The standard InChI is InChI=1S/C24H33ClF2N4O3/c1-5-31-21(17-12-28-16(10-14(2)3)11-18(17)34-23(26)27)19(25)20(30-31)22(32)29-13-24(33)8-6-15(4)7-9-24/h11-12,14-15,23,33H,5-10,13H2,1-4H3,(H,29,32). The first-order chi connectivity index (χ1) is 16.0. The van der Waals surface area contributed by atoms with Crippen LogP contribution in [0.5, 0.6) is 5.75 Å². The van der Waals surface area contributed by atoms with Gasteiger partial charge in [0.25, 0.3) is 5.91 Å². The van der Waals surface area contributed by atoms with Gasteiger partial charge in [0, 0.05) is 31.0 Å². The zero-order valence-corrected chi connectivity index (χ0v) is 20.8. The number of nitrogens with one attached hydrogen (secondary N) is 1. The Kier molecular flexibility index (Phi) is 8.52. The number of rotatable bonds is 9. The number of ether oxygens (including phenoxy) is 1. The van der Waals surface area contributed by atoms with Gasteiger partial charge in [0.1, 0.15) is 5.75 Å². The summed E-state index contributed by atoms with van der Waals surface area (Å²) in [6.45, 7) is 5.34. The van der Waals surface area contributed by atoms with E-state index in [2.05, 4.69) is 22.3 Å². The maximum absolute atomic E-state index is 13.2. The van der Waals surface area contributed by atoms with E-state index in [1.165, 1.54) is 16.9 Å². The Balaban J connectivity index is 1.90. The fraction of sp³-hybridized carbons (Fsp3) is 0.625. The van der Waals surface area contributed by atoms with Crippen LogP contribution in [0, 0.1) is 11.8 Å². The molecule has 2 N–H and O–H groups in total. The van der Waals surface area contributed by atoms with E-state index in [1.807, 2.05) is 13.8 Å². The molecule has 0 radical (unpaired) electrons. The van der Waals surface area contributed by atoms with Crippen molar-refractivity contribution >= 4 is 17.5 Å². The van der Waals surface area contributed by atoms with Crippen LogP contribution in [0.3, 0.4) is 0 Å². The molecule has 0 saturated heterocycles. The van der Waals surface area contributed by atoms with Crippen molar-refractivity contribution in [1.29, 1.82) is 0 Å². The lowest BCUT2D eigenvalue weighted by molar-refractivity contribution is -0.0495. The Morgan fingerprint density at radius 3 is 2.65 bits per heavy atom. The highest BCUT2D eigenvalue weighted by Crippen LogP contribution is 2.38. The van der Waals surface area contributed by atoms with Crippen LogP contribution in [0.2, 0.25) is 5.02 Å². The van der Waals surface area contributed by atoms with Crippen molar-refractivity contribution in [3.05, 3.63) is 28.7 Å². The van der Waals surface area contributed by atoms with Crippen molar-refractivity contribution in [2.75, 3.05) is 6.54 Å². The van der Waals surface area contributed by atoms with Crippen molar-refractivity contribution in [2.45, 2.75) is 78.6 Å². The minimum Gasteiger partial charge on any atom is -0.434 e. The summed E-state index contributed by atoms with van der Waals surface area (Å²) in [5, 5.41) is 17.8. The number of pyridine rings is 1. The van der Waals surface area contributed by atoms with Crippen molar-refractivity contribution in [2.24, 2.45) is 11.8 Å². The Hall–Kier alpha value is -2.26. The lowest BCUT2D eigenvalue weighted by Crippen LogP contribution is -2.45. The highest BCUT2D eigenvalue weighted by molar-refractivity contribution is 6.36. The van der Waals surface area contributed by atoms with Gasteiger partial charge in [-0.2, -0.15) is 13.9 Å². The van der Waals surface area contributed by atoms with Crippen LogP contribution < -0.4 is 10.1 Å². The van der Waals surface area contributed by atoms with Gasteiger partial charge in [-0.1, -0.05) is 32.4 Å². The highest BCUT2D eigenvalue weighted by atomic mass is 35.5. The van der Waals surface area contributed by atoms with E-state index in [9.17, 15) is 18.7 Å². The summed E-state index contributed by atoms with van der Waals surface area (Å²) in [6.07, 6.45) is 5.04. The summed E-state index contributed by atoms with van der Waals surface area (Å²) in [5.41, 5.74) is 0.116. The predicted molar refractivity (Wildman–Crippen MR) is 126 cm³/mol. The molecule has 10 heteroatoms. The number of aryl methyl sites for hydroxylation is 1. The molecule has 1 aliphatic carbocycles. The molecule has 2 heterocycles. The van der Waals surface area contributed by atoms with E-state index in [0.29, 0.717) is 37.4 Å². The van der Waals surface area contributed by atoms with Gasteiger partial charge in [-0.05, 0) is 50.9 Å². The number of alkyl halides is 2. The van der Waals surface area contributed by atoms with Crippen LogP contribution in [0.4, 0.5) is 8.78 Å². The molecule has 1 amide bonds. The monoisotopic (exact) mass is 498 g/mol. The Morgan fingerprint density at radius 1 is 1.38 bits per heavy atom. The van der Waals surface area contributed by atoms with Crippen LogP contribution in [0.1, 0.15) is 69.6 Å². The molecule has 7 nitrogen and oxygen atoms in total. The molecule has 0 atom stereocenters. The second-order valence-electron chi connectivity index (χ2n) is 9.56. The van der Waals surface area contributed by atoms with Gasteiger partial charge < -0.3 is 15.2 Å². The van der Waals surface area contributed by atoms with Gasteiger partial charge >= 0.3 is 6.61 Å². The number of hydrogen-bond acceptors (Lipinski definition) is 5. The molecule has 0 bridgehead atoms. The van der Waals surface area contributed by atoms with E-state index in [1.54, 1.807) is 6.92 Å². The topological polar surface area (TPSA) is 89.3 Å². The number of amides is 1. The lowest BCUT2D eigenvalue weighted by atomic mass is 9.79. The molecule has 188 valence electrons. The minimum absolute atomic E-state index is 0.0149. The molecule has 1 aliphatic rings. The van der Waals surface area contributed by atoms with Gasteiger partial charge in [0.05, 0.1) is 21.9 Å². The molecule has 2 aromatic rings. The maximum atomic E-state index is 13.2. The first-order valence-electron chi connectivity index (χ1n) is 11.7. The highest BCUT2D eigenvalue weighted by Gasteiger charge is 2.33. The number of nitrogens with zero attached hydrogens (tertiary/aromatic N) is 3. The normalized spacial score (nSPS) is 20.7. The molecule has 1 saturated carbocycles. The van der Waals surface area contributed by atoms with Gasteiger partial charge in [0.2, 0.25) is 0 Å². The third-order valence-electron chi connectivity index (χ3n) is 6.20. The molecule has 34 heavy (non-hydrogen) atoms. The molecular formula is C24H33ClF2N4O3. The molecule has 0 spiro atoms. The van der Waals surface area contributed by atoms with E-state index >= 15 is 0 Å².